The van der Waals surface area contributed by atoms with Gasteiger partial charge in [0.15, 0.2) is 6.10 Å². The molecule has 0 bridgehead atoms. The number of ether oxygens (including phenoxy) is 3. The van der Waals surface area contributed by atoms with Gasteiger partial charge in [0.1, 0.15) is 13.2 Å². The summed E-state index contributed by atoms with van der Waals surface area (Å²) in [5.74, 6) is -0.906. The van der Waals surface area contributed by atoms with Crippen molar-refractivity contribution in [2.45, 2.75) is 284 Å². The van der Waals surface area contributed by atoms with Crippen LogP contribution in [0.25, 0.3) is 0 Å². The van der Waals surface area contributed by atoms with Gasteiger partial charge in [-0.1, -0.05) is 265 Å². The molecule has 0 radical (unpaired) electrons. The van der Waals surface area contributed by atoms with Gasteiger partial charge in [0.2, 0.25) is 0 Å². The molecule has 6 nitrogen and oxygen atoms in total. The van der Waals surface area contributed by atoms with Crippen LogP contribution in [0.5, 0.6) is 0 Å². The zero-order valence-electron chi connectivity index (χ0n) is 47.6. The summed E-state index contributed by atoms with van der Waals surface area (Å²) in [6, 6.07) is 0. The molecule has 0 spiro atoms. The van der Waals surface area contributed by atoms with Crippen molar-refractivity contribution in [3.05, 3.63) is 109 Å². The van der Waals surface area contributed by atoms with Gasteiger partial charge >= 0.3 is 17.9 Å². The van der Waals surface area contributed by atoms with Crippen LogP contribution in [-0.2, 0) is 28.6 Å². The van der Waals surface area contributed by atoms with Crippen molar-refractivity contribution in [2.24, 2.45) is 0 Å². The van der Waals surface area contributed by atoms with E-state index in [-0.39, 0.29) is 31.1 Å². The number of esters is 3. The minimum atomic E-state index is -0.791. The summed E-state index contributed by atoms with van der Waals surface area (Å²) < 4.78 is 16.9. The summed E-state index contributed by atoms with van der Waals surface area (Å²) in [6.07, 6.45) is 82.3. The van der Waals surface area contributed by atoms with E-state index in [1.165, 1.54) is 103 Å². The van der Waals surface area contributed by atoms with Crippen molar-refractivity contribution in [3.8, 4) is 0 Å². The first-order chi connectivity index (χ1) is 36.0. The molecule has 0 saturated heterocycles. The highest BCUT2D eigenvalue weighted by molar-refractivity contribution is 5.71. The summed E-state index contributed by atoms with van der Waals surface area (Å²) in [5, 5.41) is 0. The highest BCUT2D eigenvalue weighted by atomic mass is 16.6. The second-order valence-corrected chi connectivity index (χ2v) is 19.9. The Morgan fingerprint density at radius 2 is 0.534 bits per heavy atom. The van der Waals surface area contributed by atoms with Gasteiger partial charge in [0.05, 0.1) is 0 Å². The van der Waals surface area contributed by atoms with Crippen LogP contribution in [-0.4, -0.2) is 37.2 Å². The standard InChI is InChI=1S/C67H112O6/c1-4-7-10-13-16-19-22-24-26-28-30-32-33-35-36-38-40-42-45-48-51-54-57-60-66(69)72-63-64(62-71-65(68)59-56-53-50-47-44-21-18-15-12-9-6-3)73-67(70)61-58-55-52-49-46-43-41-39-37-34-31-29-27-25-23-20-17-14-11-8-5-2/h7-8,10-11,16-17,19-20,24-27,30-32,34,39,41,64H,4-6,9,12-15,18,21-23,28-29,33,35-38,40,42-63H2,1-3H3/b10-7-,11-8-,19-16-,20-17-,26-24-,27-25-,32-30-,34-31-,41-39-. The first-order valence-corrected chi connectivity index (χ1v) is 30.4. The lowest BCUT2D eigenvalue weighted by Gasteiger charge is -2.18. The molecule has 416 valence electrons. The van der Waals surface area contributed by atoms with Crippen LogP contribution in [0, 0.1) is 0 Å². The Bertz CT molecular complexity index is 1490. The van der Waals surface area contributed by atoms with Gasteiger partial charge in [-0.05, 0) is 103 Å². The number of carbonyl (C=O) groups excluding carboxylic acids is 3. The van der Waals surface area contributed by atoms with Gasteiger partial charge in [0, 0.05) is 19.3 Å². The normalized spacial score (nSPS) is 12.9. The highest BCUT2D eigenvalue weighted by Crippen LogP contribution is 2.15. The van der Waals surface area contributed by atoms with Crippen LogP contribution in [0.1, 0.15) is 278 Å². The third-order valence-electron chi connectivity index (χ3n) is 12.8. The lowest BCUT2D eigenvalue weighted by Crippen LogP contribution is -2.30. The van der Waals surface area contributed by atoms with Crippen LogP contribution in [0.15, 0.2) is 109 Å². The van der Waals surface area contributed by atoms with Crippen LogP contribution in [0.2, 0.25) is 0 Å². The maximum atomic E-state index is 12.9. The van der Waals surface area contributed by atoms with Crippen LogP contribution in [0.3, 0.4) is 0 Å². The molecule has 0 aromatic rings. The van der Waals surface area contributed by atoms with E-state index in [9.17, 15) is 14.4 Å². The molecule has 0 N–H and O–H groups in total. The number of unbranched alkanes of at least 4 members (excludes halogenated alkanes) is 25. The minimum absolute atomic E-state index is 0.0863. The van der Waals surface area contributed by atoms with E-state index in [1.807, 2.05) is 0 Å². The van der Waals surface area contributed by atoms with Crippen molar-refractivity contribution in [3.63, 3.8) is 0 Å². The van der Waals surface area contributed by atoms with Crippen LogP contribution < -0.4 is 0 Å². The molecule has 6 heteroatoms. The molecular weight excluding hydrogens is 901 g/mol. The van der Waals surface area contributed by atoms with Crippen LogP contribution in [0.4, 0.5) is 0 Å². The first kappa shape index (κ1) is 69.1. The minimum Gasteiger partial charge on any atom is -0.462 e. The van der Waals surface area contributed by atoms with Crippen LogP contribution >= 0.6 is 0 Å². The third kappa shape index (κ3) is 58.8. The molecule has 73 heavy (non-hydrogen) atoms. The quantitative estimate of drug-likeness (QED) is 0.0261. The van der Waals surface area contributed by atoms with Gasteiger partial charge in [-0.25, -0.2) is 0 Å². The maximum Gasteiger partial charge on any atom is 0.306 e. The van der Waals surface area contributed by atoms with Gasteiger partial charge in [-0.3, -0.25) is 14.4 Å². The summed E-state index contributed by atoms with van der Waals surface area (Å²) >= 11 is 0. The number of rotatable bonds is 54. The first-order valence-electron chi connectivity index (χ1n) is 30.4. The lowest BCUT2D eigenvalue weighted by molar-refractivity contribution is -0.167. The fraction of sp³-hybridized carbons (Fsp3) is 0.687. The summed E-state index contributed by atoms with van der Waals surface area (Å²) in [5.41, 5.74) is 0. The summed E-state index contributed by atoms with van der Waals surface area (Å²) in [6.45, 7) is 6.40. The second-order valence-electron chi connectivity index (χ2n) is 19.9. The third-order valence-corrected chi connectivity index (χ3v) is 12.8. The Morgan fingerprint density at radius 3 is 0.836 bits per heavy atom. The second kappa shape index (κ2) is 60.6. The fourth-order valence-corrected chi connectivity index (χ4v) is 8.28. The number of hydrogen-bond donors (Lipinski definition) is 0. The SMILES string of the molecule is CC/C=C\C/C=C\C/C=C\C/C=C\C/C=C\CCCCCCCC(=O)OC(COC(=O)CCCCCCCCCCCCC)COC(=O)CCCCCCCCCCCC/C=C\C/C=C\C/C=C\C/C=C\CC. The molecule has 0 aromatic heterocycles. The average Bonchev–Trinajstić information content (AvgIpc) is 3.39. The monoisotopic (exact) mass is 1010 g/mol. The Hall–Kier alpha value is -3.93. The molecule has 0 aliphatic heterocycles. The summed E-state index contributed by atoms with van der Waals surface area (Å²) in [4.78, 5) is 38.2. The van der Waals surface area contributed by atoms with Crippen molar-refractivity contribution in [1.29, 1.82) is 0 Å². The molecule has 0 saturated carbocycles. The Morgan fingerprint density at radius 1 is 0.288 bits per heavy atom. The van der Waals surface area contributed by atoms with Gasteiger partial charge in [0.25, 0.3) is 0 Å². The van der Waals surface area contributed by atoms with E-state index in [4.69, 9.17) is 14.2 Å². The molecule has 0 rings (SSSR count). The average molecular weight is 1010 g/mol. The largest absolute Gasteiger partial charge is 0.462 e. The van der Waals surface area contributed by atoms with Crippen molar-refractivity contribution in [2.75, 3.05) is 13.2 Å². The zero-order chi connectivity index (χ0) is 52.9. The molecule has 1 unspecified atom stereocenters. The Kier molecular flexibility index (Phi) is 57.4. The smallest absolute Gasteiger partial charge is 0.306 e. The molecular formula is C67H112O6. The molecule has 0 amide bonds. The number of hydrogen-bond acceptors (Lipinski definition) is 6. The predicted molar refractivity (Wildman–Crippen MR) is 316 cm³/mol. The van der Waals surface area contributed by atoms with Crippen molar-refractivity contribution >= 4 is 17.9 Å². The highest BCUT2D eigenvalue weighted by Gasteiger charge is 2.19. The maximum absolute atomic E-state index is 12.9. The van der Waals surface area contributed by atoms with E-state index in [1.54, 1.807) is 0 Å². The zero-order valence-corrected chi connectivity index (χ0v) is 47.6. The Labute approximate surface area is 450 Å². The topological polar surface area (TPSA) is 78.9 Å². The molecule has 0 aromatic carbocycles. The van der Waals surface area contributed by atoms with Gasteiger partial charge < -0.3 is 14.2 Å². The van der Waals surface area contributed by atoms with E-state index in [2.05, 4.69) is 130 Å². The van der Waals surface area contributed by atoms with E-state index in [0.29, 0.717) is 19.3 Å². The molecule has 1 atom stereocenters. The van der Waals surface area contributed by atoms with E-state index >= 15 is 0 Å². The lowest BCUT2D eigenvalue weighted by atomic mass is 10.1. The number of carbonyl (C=O) groups is 3. The van der Waals surface area contributed by atoms with E-state index < -0.39 is 6.10 Å². The molecule has 0 aliphatic carbocycles. The fourth-order valence-electron chi connectivity index (χ4n) is 8.28. The van der Waals surface area contributed by atoms with Gasteiger partial charge in [-0.15, -0.1) is 0 Å². The predicted octanol–water partition coefficient (Wildman–Crippen LogP) is 20.7. The Balaban J connectivity index is 4.36. The van der Waals surface area contributed by atoms with Crippen molar-refractivity contribution < 1.29 is 28.6 Å². The summed E-state index contributed by atoms with van der Waals surface area (Å²) in [7, 11) is 0. The number of allylic oxidation sites excluding steroid dienone is 18. The molecule has 0 heterocycles. The van der Waals surface area contributed by atoms with Crippen molar-refractivity contribution in [1.82, 2.24) is 0 Å². The van der Waals surface area contributed by atoms with E-state index in [0.717, 1.165) is 135 Å². The van der Waals surface area contributed by atoms with Gasteiger partial charge in [-0.2, -0.15) is 0 Å². The molecule has 0 fully saturated rings. The molecule has 0 aliphatic rings.